The summed E-state index contributed by atoms with van der Waals surface area (Å²) >= 11 is 2.71. The number of rotatable bonds is 8. The van der Waals surface area contributed by atoms with E-state index in [1.165, 1.54) is 23.1 Å². The van der Waals surface area contributed by atoms with Gasteiger partial charge in [-0.05, 0) is 55.0 Å². The summed E-state index contributed by atoms with van der Waals surface area (Å²) in [7, 11) is 1.57. The Morgan fingerprint density at radius 2 is 1.75 bits per heavy atom. The number of benzene rings is 3. The standard InChI is InChI=1S/C28H23N3O3S2/c1-18(26(32)31-28-24(16-29)25(17-35-28)19-7-4-3-5-8-19)36-23-10-6-9-21(15-23)30-27(33)20-11-13-22(34-2)14-12-20/h3-15,17-18H,1-2H3,(H,30,33)(H,31,32). The van der Waals surface area contributed by atoms with Gasteiger partial charge in [-0.25, -0.2) is 0 Å². The number of anilines is 2. The van der Waals surface area contributed by atoms with Gasteiger partial charge in [0.1, 0.15) is 16.8 Å². The van der Waals surface area contributed by atoms with E-state index in [1.807, 2.05) is 53.9 Å². The van der Waals surface area contributed by atoms with Gasteiger partial charge in [0.05, 0.1) is 17.9 Å². The number of nitrogens with one attached hydrogen (secondary N) is 2. The van der Waals surface area contributed by atoms with Gasteiger partial charge in [-0.3, -0.25) is 9.59 Å². The van der Waals surface area contributed by atoms with Gasteiger partial charge >= 0.3 is 0 Å². The maximum Gasteiger partial charge on any atom is 0.255 e. The number of carbonyl (C=O) groups is 2. The minimum atomic E-state index is -0.425. The van der Waals surface area contributed by atoms with E-state index in [2.05, 4.69) is 16.7 Å². The van der Waals surface area contributed by atoms with E-state index in [0.717, 1.165) is 16.0 Å². The topological polar surface area (TPSA) is 91.2 Å². The number of nitrogens with zero attached hydrogens (tertiary/aromatic N) is 1. The molecule has 0 aliphatic rings. The minimum absolute atomic E-state index is 0.203. The first-order valence-electron chi connectivity index (χ1n) is 11.1. The molecule has 1 heterocycles. The smallest absolute Gasteiger partial charge is 0.255 e. The highest BCUT2D eigenvalue weighted by molar-refractivity contribution is 8.00. The highest BCUT2D eigenvalue weighted by atomic mass is 32.2. The molecule has 0 saturated carbocycles. The Balaban J connectivity index is 1.40. The van der Waals surface area contributed by atoms with Crippen LogP contribution in [0.4, 0.5) is 10.7 Å². The van der Waals surface area contributed by atoms with Crippen LogP contribution in [0.25, 0.3) is 11.1 Å². The molecule has 2 amide bonds. The molecule has 0 bridgehead atoms. The van der Waals surface area contributed by atoms with Crippen LogP contribution in [-0.4, -0.2) is 24.2 Å². The Bertz CT molecular complexity index is 1410. The SMILES string of the molecule is COc1ccc(C(=O)Nc2cccc(SC(C)C(=O)Nc3scc(-c4ccccc4)c3C#N)c2)cc1. The highest BCUT2D eigenvalue weighted by Crippen LogP contribution is 2.35. The molecule has 0 fully saturated rings. The molecule has 4 aromatic rings. The zero-order chi connectivity index (χ0) is 25.5. The van der Waals surface area contributed by atoms with Crippen LogP contribution >= 0.6 is 23.1 Å². The summed E-state index contributed by atoms with van der Waals surface area (Å²) in [6.07, 6.45) is 0. The Morgan fingerprint density at radius 1 is 1.00 bits per heavy atom. The minimum Gasteiger partial charge on any atom is -0.497 e. The van der Waals surface area contributed by atoms with E-state index >= 15 is 0 Å². The zero-order valence-corrected chi connectivity index (χ0v) is 21.3. The first-order valence-corrected chi connectivity index (χ1v) is 12.8. The first-order chi connectivity index (χ1) is 17.5. The van der Waals surface area contributed by atoms with Crippen molar-refractivity contribution in [1.29, 1.82) is 5.26 Å². The molecule has 180 valence electrons. The summed E-state index contributed by atoms with van der Waals surface area (Å²) in [6, 6.07) is 26.0. The number of methoxy groups -OCH3 is 1. The third-order valence-corrected chi connectivity index (χ3v) is 7.34. The van der Waals surface area contributed by atoms with Crippen molar-refractivity contribution in [1.82, 2.24) is 0 Å². The summed E-state index contributed by atoms with van der Waals surface area (Å²) < 4.78 is 5.13. The quantitative estimate of drug-likeness (QED) is 0.257. The fourth-order valence-corrected chi connectivity index (χ4v) is 5.30. The van der Waals surface area contributed by atoms with Crippen LogP contribution in [-0.2, 0) is 4.79 Å². The van der Waals surface area contributed by atoms with Crippen molar-refractivity contribution in [3.8, 4) is 22.9 Å². The number of nitriles is 1. The van der Waals surface area contributed by atoms with Gasteiger partial charge in [-0.15, -0.1) is 23.1 Å². The van der Waals surface area contributed by atoms with Crippen molar-refractivity contribution in [2.24, 2.45) is 0 Å². The molecule has 0 saturated heterocycles. The van der Waals surface area contributed by atoms with Crippen molar-refractivity contribution in [3.63, 3.8) is 0 Å². The van der Waals surface area contributed by atoms with Crippen molar-refractivity contribution in [2.75, 3.05) is 17.7 Å². The number of thiophene rings is 1. The van der Waals surface area contributed by atoms with Crippen LogP contribution in [0.15, 0.2) is 89.1 Å². The van der Waals surface area contributed by atoms with E-state index < -0.39 is 5.25 Å². The molecular formula is C28H23N3O3S2. The molecule has 0 aliphatic heterocycles. The third kappa shape index (κ3) is 5.95. The second-order valence-corrected chi connectivity index (χ2v) is 10.1. The second-order valence-electron chi connectivity index (χ2n) is 7.79. The van der Waals surface area contributed by atoms with Gasteiger partial charge in [0, 0.05) is 27.1 Å². The van der Waals surface area contributed by atoms with Crippen LogP contribution in [0.5, 0.6) is 5.75 Å². The molecule has 8 heteroatoms. The van der Waals surface area contributed by atoms with E-state index in [4.69, 9.17) is 4.74 Å². The number of carbonyl (C=O) groups excluding carboxylic acids is 2. The monoisotopic (exact) mass is 513 g/mol. The molecule has 1 aromatic heterocycles. The Labute approximate surface area is 217 Å². The summed E-state index contributed by atoms with van der Waals surface area (Å²) in [5.74, 6) is 0.241. The Kier molecular flexibility index (Phi) is 8.06. The number of ether oxygens (including phenoxy) is 1. The summed E-state index contributed by atoms with van der Waals surface area (Å²) in [5, 5.41) is 17.5. The summed E-state index contributed by atoms with van der Waals surface area (Å²) in [5.41, 5.74) is 3.34. The maximum atomic E-state index is 12.9. The lowest BCUT2D eigenvalue weighted by molar-refractivity contribution is -0.115. The van der Waals surface area contributed by atoms with E-state index in [9.17, 15) is 14.9 Å². The normalized spacial score (nSPS) is 11.2. The van der Waals surface area contributed by atoms with Crippen LogP contribution in [0.2, 0.25) is 0 Å². The highest BCUT2D eigenvalue weighted by Gasteiger charge is 2.20. The van der Waals surface area contributed by atoms with Crippen molar-refractivity contribution < 1.29 is 14.3 Å². The molecule has 0 aliphatic carbocycles. The number of amides is 2. The van der Waals surface area contributed by atoms with Crippen molar-refractivity contribution >= 4 is 45.6 Å². The predicted octanol–water partition coefficient (Wildman–Crippen LogP) is 6.67. The lowest BCUT2D eigenvalue weighted by Gasteiger charge is -2.13. The largest absolute Gasteiger partial charge is 0.497 e. The third-order valence-electron chi connectivity index (χ3n) is 5.35. The molecule has 4 rings (SSSR count). The zero-order valence-electron chi connectivity index (χ0n) is 19.6. The Morgan fingerprint density at radius 3 is 2.44 bits per heavy atom. The van der Waals surface area contributed by atoms with E-state index in [1.54, 1.807) is 44.4 Å². The second kappa shape index (κ2) is 11.6. The average Bonchev–Trinajstić information content (AvgIpc) is 3.31. The molecule has 36 heavy (non-hydrogen) atoms. The van der Waals surface area contributed by atoms with Crippen LogP contribution in [0, 0.1) is 11.3 Å². The first kappa shape index (κ1) is 25.0. The van der Waals surface area contributed by atoms with Crippen LogP contribution in [0.1, 0.15) is 22.8 Å². The van der Waals surface area contributed by atoms with Crippen LogP contribution < -0.4 is 15.4 Å². The maximum absolute atomic E-state index is 12.9. The number of hydrogen-bond acceptors (Lipinski definition) is 6. The van der Waals surface area contributed by atoms with E-state index in [0.29, 0.717) is 27.6 Å². The summed E-state index contributed by atoms with van der Waals surface area (Å²) in [6.45, 7) is 1.81. The van der Waals surface area contributed by atoms with Crippen LogP contribution in [0.3, 0.4) is 0 Å². The predicted molar refractivity (Wildman–Crippen MR) is 146 cm³/mol. The van der Waals surface area contributed by atoms with Crippen molar-refractivity contribution in [2.45, 2.75) is 17.1 Å². The van der Waals surface area contributed by atoms with Gasteiger partial charge in [-0.2, -0.15) is 5.26 Å². The average molecular weight is 514 g/mol. The molecule has 0 spiro atoms. The number of hydrogen-bond donors (Lipinski definition) is 2. The van der Waals surface area contributed by atoms with Crippen molar-refractivity contribution in [3.05, 3.63) is 95.4 Å². The fraction of sp³-hybridized carbons (Fsp3) is 0.107. The van der Waals surface area contributed by atoms with Gasteiger partial charge < -0.3 is 15.4 Å². The molecule has 2 N–H and O–H groups in total. The molecular weight excluding hydrogens is 490 g/mol. The molecule has 3 aromatic carbocycles. The molecule has 0 radical (unpaired) electrons. The number of thioether (sulfide) groups is 1. The molecule has 6 nitrogen and oxygen atoms in total. The lowest BCUT2D eigenvalue weighted by Crippen LogP contribution is -2.22. The van der Waals surface area contributed by atoms with Gasteiger partial charge in [0.25, 0.3) is 5.91 Å². The summed E-state index contributed by atoms with van der Waals surface area (Å²) in [4.78, 5) is 26.3. The lowest BCUT2D eigenvalue weighted by atomic mass is 10.1. The van der Waals surface area contributed by atoms with Gasteiger partial charge in [0.15, 0.2) is 0 Å². The van der Waals surface area contributed by atoms with Gasteiger partial charge in [0.2, 0.25) is 5.91 Å². The Hall–Kier alpha value is -4.06. The molecule has 1 unspecified atom stereocenters. The molecule has 1 atom stereocenters. The van der Waals surface area contributed by atoms with E-state index in [-0.39, 0.29) is 11.8 Å². The van der Waals surface area contributed by atoms with Gasteiger partial charge in [-0.1, -0.05) is 36.4 Å². The fourth-order valence-electron chi connectivity index (χ4n) is 3.46.